The van der Waals surface area contributed by atoms with Crippen molar-refractivity contribution < 1.29 is 18.9 Å². The summed E-state index contributed by atoms with van der Waals surface area (Å²) in [7, 11) is 0. The normalized spacial score (nSPS) is 13.2. The number of hydrogen-bond donors (Lipinski definition) is 0. The van der Waals surface area contributed by atoms with Crippen LogP contribution in [0.3, 0.4) is 0 Å². The van der Waals surface area contributed by atoms with Crippen molar-refractivity contribution in [2.75, 3.05) is 36.2 Å². The fourth-order valence-corrected chi connectivity index (χ4v) is 8.66. The lowest BCUT2D eigenvalue weighted by atomic mass is 9.65. The highest BCUT2D eigenvalue weighted by Gasteiger charge is 2.36. The Labute approximate surface area is 381 Å². The maximum absolute atomic E-state index is 5.74. The van der Waals surface area contributed by atoms with Crippen molar-refractivity contribution in [3.05, 3.63) is 230 Å². The van der Waals surface area contributed by atoms with Crippen LogP contribution in [-0.2, 0) is 50.8 Å². The standard InChI is InChI=1S/C58H62N2O4/c1-5-38-61-42-46-12-24-52(25-13-46)59(53-26-14-47(15-27-53)43-62-39-6-2)56-32-20-50(21-33-56)58(36-10-9-11-37-58)51-22-34-57(35-23-51)60(54-28-16-48(17-29-54)44-63-40-7-3)55-30-18-49(19-31-55)45-64-41-8-4/h5-8,12-35H,1-4,9-11,36-45H2. The molecule has 64 heavy (non-hydrogen) atoms. The Morgan fingerprint density at radius 3 is 0.812 bits per heavy atom. The van der Waals surface area contributed by atoms with Crippen LogP contribution >= 0.6 is 0 Å². The molecule has 1 aliphatic rings. The molecular weight excluding hydrogens is 789 g/mol. The van der Waals surface area contributed by atoms with Gasteiger partial charge in [0, 0.05) is 39.5 Å². The van der Waals surface area contributed by atoms with Gasteiger partial charge in [-0.3, -0.25) is 0 Å². The Morgan fingerprint density at radius 1 is 0.344 bits per heavy atom. The first kappa shape index (κ1) is 45.7. The van der Waals surface area contributed by atoms with E-state index < -0.39 is 0 Å². The Balaban J connectivity index is 1.19. The third kappa shape index (κ3) is 11.6. The third-order valence-corrected chi connectivity index (χ3v) is 11.9. The molecule has 0 spiro atoms. The van der Waals surface area contributed by atoms with E-state index in [-0.39, 0.29) is 5.41 Å². The number of anilines is 6. The topological polar surface area (TPSA) is 43.4 Å². The minimum atomic E-state index is -0.0920. The largest absolute Gasteiger partial charge is 0.373 e. The fourth-order valence-electron chi connectivity index (χ4n) is 8.66. The Kier molecular flexibility index (Phi) is 16.7. The van der Waals surface area contributed by atoms with Crippen molar-refractivity contribution >= 4 is 34.1 Å². The number of benzene rings is 6. The molecule has 0 amide bonds. The van der Waals surface area contributed by atoms with Gasteiger partial charge in [-0.15, -0.1) is 26.3 Å². The highest BCUT2D eigenvalue weighted by atomic mass is 16.5. The summed E-state index contributed by atoms with van der Waals surface area (Å²) in [5.41, 5.74) is 13.6. The molecule has 1 aliphatic carbocycles. The summed E-state index contributed by atoms with van der Waals surface area (Å²) in [4.78, 5) is 4.65. The van der Waals surface area contributed by atoms with Crippen molar-refractivity contribution in [2.24, 2.45) is 0 Å². The molecule has 6 heteroatoms. The predicted octanol–water partition coefficient (Wildman–Crippen LogP) is 14.7. The first-order valence-corrected chi connectivity index (χ1v) is 22.5. The Hall–Kier alpha value is -6.28. The van der Waals surface area contributed by atoms with Crippen molar-refractivity contribution in [1.29, 1.82) is 0 Å². The number of hydrogen-bond acceptors (Lipinski definition) is 6. The molecule has 6 aromatic rings. The van der Waals surface area contributed by atoms with Gasteiger partial charge in [0.15, 0.2) is 0 Å². The van der Waals surface area contributed by atoms with Gasteiger partial charge in [0.05, 0.1) is 52.9 Å². The van der Waals surface area contributed by atoms with Gasteiger partial charge in [0.1, 0.15) is 0 Å². The molecule has 0 bridgehead atoms. The molecule has 6 nitrogen and oxygen atoms in total. The molecule has 1 saturated carbocycles. The van der Waals surface area contributed by atoms with Gasteiger partial charge < -0.3 is 28.7 Å². The monoisotopic (exact) mass is 850 g/mol. The SMILES string of the molecule is C=CCOCc1ccc(N(c2ccc(COCC=C)cc2)c2ccc(C3(c4ccc(N(c5ccc(COCC=C)cc5)c5ccc(COCC=C)cc5)cc4)CCCCC3)cc2)cc1. The van der Waals surface area contributed by atoms with Gasteiger partial charge in [-0.2, -0.15) is 0 Å². The van der Waals surface area contributed by atoms with E-state index in [9.17, 15) is 0 Å². The molecule has 0 N–H and O–H groups in total. The highest BCUT2D eigenvalue weighted by Crippen LogP contribution is 2.47. The molecule has 0 unspecified atom stereocenters. The summed E-state index contributed by atoms with van der Waals surface area (Å²) in [6.45, 7) is 19.4. The van der Waals surface area contributed by atoms with E-state index in [0.717, 1.165) is 69.2 Å². The van der Waals surface area contributed by atoms with Crippen LogP contribution in [0.15, 0.2) is 196 Å². The minimum Gasteiger partial charge on any atom is -0.373 e. The molecule has 328 valence electrons. The molecule has 0 heterocycles. The van der Waals surface area contributed by atoms with E-state index >= 15 is 0 Å². The Bertz CT molecular complexity index is 2080. The van der Waals surface area contributed by atoms with Crippen LogP contribution < -0.4 is 9.80 Å². The van der Waals surface area contributed by atoms with Gasteiger partial charge in [-0.05, 0) is 119 Å². The van der Waals surface area contributed by atoms with E-state index in [0.29, 0.717) is 52.9 Å². The summed E-state index contributed by atoms with van der Waals surface area (Å²) >= 11 is 0. The second kappa shape index (κ2) is 23.4. The van der Waals surface area contributed by atoms with Crippen LogP contribution in [0.1, 0.15) is 65.5 Å². The second-order valence-corrected chi connectivity index (χ2v) is 16.3. The maximum Gasteiger partial charge on any atom is 0.0721 e. The van der Waals surface area contributed by atoms with E-state index in [1.54, 1.807) is 24.3 Å². The quantitative estimate of drug-likeness (QED) is 0.0446. The van der Waals surface area contributed by atoms with Gasteiger partial charge >= 0.3 is 0 Å². The molecule has 6 aromatic carbocycles. The van der Waals surface area contributed by atoms with Crippen LogP contribution in [-0.4, -0.2) is 26.4 Å². The summed E-state index contributed by atoms with van der Waals surface area (Å²) in [6.07, 6.45) is 13.0. The van der Waals surface area contributed by atoms with Crippen LogP contribution in [0.2, 0.25) is 0 Å². The number of ether oxygens (including phenoxy) is 4. The van der Waals surface area contributed by atoms with E-state index in [1.807, 2.05) is 0 Å². The van der Waals surface area contributed by atoms with Gasteiger partial charge in [-0.1, -0.05) is 116 Å². The van der Waals surface area contributed by atoms with E-state index in [2.05, 4.69) is 182 Å². The Morgan fingerprint density at radius 2 is 0.578 bits per heavy atom. The molecule has 0 radical (unpaired) electrons. The maximum atomic E-state index is 5.74. The van der Waals surface area contributed by atoms with Crippen LogP contribution in [0.25, 0.3) is 0 Å². The summed E-state index contributed by atoms with van der Waals surface area (Å²) in [5.74, 6) is 0. The van der Waals surface area contributed by atoms with Gasteiger partial charge in [0.25, 0.3) is 0 Å². The average Bonchev–Trinajstić information content (AvgIpc) is 3.34. The molecular formula is C58H62N2O4. The lowest BCUT2D eigenvalue weighted by Gasteiger charge is -2.39. The molecule has 7 rings (SSSR count). The van der Waals surface area contributed by atoms with Crippen molar-refractivity contribution in [3.63, 3.8) is 0 Å². The first-order chi connectivity index (χ1) is 31.5. The smallest absolute Gasteiger partial charge is 0.0721 e. The summed E-state index contributed by atoms with van der Waals surface area (Å²) < 4.78 is 23.0. The first-order valence-electron chi connectivity index (χ1n) is 22.5. The predicted molar refractivity (Wildman–Crippen MR) is 266 cm³/mol. The van der Waals surface area contributed by atoms with Crippen LogP contribution in [0, 0.1) is 0 Å². The van der Waals surface area contributed by atoms with Crippen molar-refractivity contribution in [2.45, 2.75) is 63.9 Å². The molecule has 0 saturated heterocycles. The zero-order valence-corrected chi connectivity index (χ0v) is 37.2. The van der Waals surface area contributed by atoms with Crippen LogP contribution in [0.5, 0.6) is 0 Å². The lowest BCUT2D eigenvalue weighted by Crippen LogP contribution is -2.30. The number of rotatable bonds is 24. The van der Waals surface area contributed by atoms with E-state index in [4.69, 9.17) is 18.9 Å². The minimum absolute atomic E-state index is 0.0920. The third-order valence-electron chi connectivity index (χ3n) is 11.9. The second-order valence-electron chi connectivity index (χ2n) is 16.3. The fraction of sp³-hybridized carbons (Fsp3) is 0.241. The average molecular weight is 851 g/mol. The number of nitrogens with zero attached hydrogens (tertiary/aromatic N) is 2. The van der Waals surface area contributed by atoms with Gasteiger partial charge in [0.2, 0.25) is 0 Å². The van der Waals surface area contributed by atoms with Crippen molar-refractivity contribution in [1.82, 2.24) is 0 Å². The highest BCUT2D eigenvalue weighted by molar-refractivity contribution is 5.78. The van der Waals surface area contributed by atoms with E-state index in [1.165, 1.54) is 30.4 Å². The molecule has 0 aliphatic heterocycles. The summed E-state index contributed by atoms with van der Waals surface area (Å²) in [6, 6.07) is 53.2. The van der Waals surface area contributed by atoms with Crippen molar-refractivity contribution in [3.8, 4) is 0 Å². The zero-order chi connectivity index (χ0) is 44.4. The zero-order valence-electron chi connectivity index (χ0n) is 37.2. The van der Waals surface area contributed by atoms with Crippen LogP contribution in [0.4, 0.5) is 34.1 Å². The summed E-state index contributed by atoms with van der Waals surface area (Å²) in [5, 5.41) is 0. The molecule has 0 aromatic heterocycles. The van der Waals surface area contributed by atoms with Gasteiger partial charge in [-0.25, -0.2) is 0 Å². The lowest BCUT2D eigenvalue weighted by molar-refractivity contribution is 0.149. The molecule has 1 fully saturated rings. The molecule has 0 atom stereocenters.